The van der Waals surface area contributed by atoms with Crippen LogP contribution in [0.4, 0.5) is 0 Å². The molecule has 0 radical (unpaired) electrons. The molecule has 1 aliphatic rings. The van der Waals surface area contributed by atoms with Gasteiger partial charge in [0, 0.05) is 6.04 Å². The van der Waals surface area contributed by atoms with E-state index in [9.17, 15) is 0 Å². The molecule has 0 amide bonds. The number of nitrogens with two attached hydrogens (primary N) is 1. The molecule has 106 valence electrons. The van der Waals surface area contributed by atoms with Crippen LogP contribution in [0, 0.1) is 0 Å². The maximum Gasteiger partial charge on any atom is 0.0730 e. The smallest absolute Gasteiger partial charge is 0.0730 e. The molecular weight excluding hydrogens is 234 g/mol. The van der Waals surface area contributed by atoms with E-state index in [4.69, 9.17) is 10.5 Å². The Bertz CT molecular complexity index is 391. The van der Waals surface area contributed by atoms with Gasteiger partial charge < -0.3 is 10.5 Å². The van der Waals surface area contributed by atoms with Gasteiger partial charge in [0.25, 0.3) is 0 Å². The predicted octanol–water partition coefficient (Wildman–Crippen LogP) is 3.77. The minimum Gasteiger partial charge on any atom is -0.372 e. The van der Waals surface area contributed by atoms with Crippen molar-refractivity contribution in [1.29, 1.82) is 0 Å². The Balaban J connectivity index is 1.89. The van der Waals surface area contributed by atoms with Crippen molar-refractivity contribution in [1.82, 2.24) is 0 Å². The summed E-state index contributed by atoms with van der Waals surface area (Å²) in [5.41, 5.74) is 8.92. The average molecular weight is 261 g/mol. The Morgan fingerprint density at radius 1 is 1.11 bits per heavy atom. The van der Waals surface area contributed by atoms with Gasteiger partial charge in [0.15, 0.2) is 0 Å². The van der Waals surface area contributed by atoms with Crippen molar-refractivity contribution in [3.63, 3.8) is 0 Å². The van der Waals surface area contributed by atoms with E-state index < -0.39 is 0 Å². The molecule has 2 N–H and O–H groups in total. The topological polar surface area (TPSA) is 35.2 Å². The van der Waals surface area contributed by atoms with Crippen molar-refractivity contribution in [2.75, 3.05) is 0 Å². The molecule has 1 fully saturated rings. The number of hydrogen-bond donors (Lipinski definition) is 1. The number of ether oxygens (including phenoxy) is 1. The van der Waals surface area contributed by atoms with E-state index in [2.05, 4.69) is 45.0 Å². The summed E-state index contributed by atoms with van der Waals surface area (Å²) < 4.78 is 5.98. The van der Waals surface area contributed by atoms with Crippen LogP contribution in [-0.2, 0) is 16.8 Å². The first kappa shape index (κ1) is 14.5. The molecule has 1 aromatic carbocycles. The standard InChI is InChI=1S/C17H27NO/c1-17(2,3)14-10-8-13(9-11-14)12-19-16-7-5-4-6-15(16)18/h8-11,15-16H,4-7,12,18H2,1-3H3. The lowest BCUT2D eigenvalue weighted by Gasteiger charge is -2.28. The highest BCUT2D eigenvalue weighted by Crippen LogP contribution is 2.24. The normalized spacial score (nSPS) is 24.4. The van der Waals surface area contributed by atoms with Gasteiger partial charge in [-0.1, -0.05) is 57.9 Å². The number of benzene rings is 1. The van der Waals surface area contributed by atoms with Gasteiger partial charge in [0.05, 0.1) is 12.7 Å². The van der Waals surface area contributed by atoms with Crippen LogP contribution in [0.25, 0.3) is 0 Å². The van der Waals surface area contributed by atoms with Crippen LogP contribution in [0.1, 0.15) is 57.6 Å². The summed E-state index contributed by atoms with van der Waals surface area (Å²) >= 11 is 0. The van der Waals surface area contributed by atoms with Crippen LogP contribution in [0.2, 0.25) is 0 Å². The third kappa shape index (κ3) is 4.05. The van der Waals surface area contributed by atoms with Crippen LogP contribution in [0.3, 0.4) is 0 Å². The van der Waals surface area contributed by atoms with E-state index in [1.807, 2.05) is 0 Å². The Kier molecular flexibility index (Phi) is 4.64. The van der Waals surface area contributed by atoms with Gasteiger partial charge in [-0.05, 0) is 29.4 Å². The van der Waals surface area contributed by atoms with Gasteiger partial charge in [-0.2, -0.15) is 0 Å². The largest absolute Gasteiger partial charge is 0.372 e. The summed E-state index contributed by atoms with van der Waals surface area (Å²) in [5, 5.41) is 0. The maximum atomic E-state index is 6.10. The first-order chi connectivity index (χ1) is 8.97. The molecule has 0 aromatic heterocycles. The van der Waals surface area contributed by atoms with Crippen LogP contribution in [0.15, 0.2) is 24.3 Å². The minimum absolute atomic E-state index is 0.213. The molecule has 2 heteroatoms. The zero-order valence-electron chi connectivity index (χ0n) is 12.5. The summed E-state index contributed by atoms with van der Waals surface area (Å²) in [6, 6.07) is 8.99. The highest BCUT2D eigenvalue weighted by atomic mass is 16.5. The van der Waals surface area contributed by atoms with E-state index in [1.165, 1.54) is 24.0 Å². The van der Waals surface area contributed by atoms with E-state index in [0.717, 1.165) is 12.8 Å². The van der Waals surface area contributed by atoms with Crippen molar-refractivity contribution < 1.29 is 4.74 Å². The van der Waals surface area contributed by atoms with Crippen molar-refractivity contribution in [2.45, 2.75) is 70.6 Å². The van der Waals surface area contributed by atoms with Gasteiger partial charge in [-0.3, -0.25) is 0 Å². The Morgan fingerprint density at radius 2 is 1.74 bits per heavy atom. The zero-order chi connectivity index (χ0) is 13.9. The first-order valence-electron chi connectivity index (χ1n) is 7.43. The fraction of sp³-hybridized carbons (Fsp3) is 0.647. The Hall–Kier alpha value is -0.860. The minimum atomic E-state index is 0.213. The second-order valence-electron chi connectivity index (χ2n) is 6.74. The fourth-order valence-electron chi connectivity index (χ4n) is 2.64. The lowest BCUT2D eigenvalue weighted by Crippen LogP contribution is -2.39. The van der Waals surface area contributed by atoms with E-state index in [1.54, 1.807) is 0 Å². The Labute approximate surface area is 117 Å². The number of rotatable bonds is 3. The van der Waals surface area contributed by atoms with Crippen molar-refractivity contribution in [2.24, 2.45) is 5.73 Å². The molecule has 2 atom stereocenters. The molecule has 1 saturated carbocycles. The molecule has 0 bridgehead atoms. The fourth-order valence-corrected chi connectivity index (χ4v) is 2.64. The molecule has 19 heavy (non-hydrogen) atoms. The van der Waals surface area contributed by atoms with Crippen LogP contribution >= 0.6 is 0 Å². The highest BCUT2D eigenvalue weighted by molar-refractivity contribution is 5.27. The monoisotopic (exact) mass is 261 g/mol. The van der Waals surface area contributed by atoms with Gasteiger partial charge in [-0.25, -0.2) is 0 Å². The summed E-state index contributed by atoms with van der Waals surface area (Å²) in [6.07, 6.45) is 4.97. The summed E-state index contributed by atoms with van der Waals surface area (Å²) in [4.78, 5) is 0. The predicted molar refractivity (Wildman–Crippen MR) is 80.2 cm³/mol. The quantitative estimate of drug-likeness (QED) is 0.899. The van der Waals surface area contributed by atoms with Gasteiger partial charge >= 0.3 is 0 Å². The molecule has 0 spiro atoms. The molecule has 1 aromatic rings. The summed E-state index contributed by atoms with van der Waals surface area (Å²) in [6.45, 7) is 7.39. The average Bonchev–Trinajstić information content (AvgIpc) is 2.37. The second kappa shape index (κ2) is 6.06. The van der Waals surface area contributed by atoms with Gasteiger partial charge in [-0.15, -0.1) is 0 Å². The third-order valence-corrected chi connectivity index (χ3v) is 4.04. The second-order valence-corrected chi connectivity index (χ2v) is 6.74. The van der Waals surface area contributed by atoms with E-state index in [0.29, 0.717) is 6.61 Å². The molecular formula is C17H27NO. The van der Waals surface area contributed by atoms with Crippen molar-refractivity contribution in [3.05, 3.63) is 35.4 Å². The lowest BCUT2D eigenvalue weighted by atomic mass is 9.87. The zero-order valence-corrected chi connectivity index (χ0v) is 12.5. The summed E-state index contributed by atoms with van der Waals surface area (Å²) in [5.74, 6) is 0. The van der Waals surface area contributed by atoms with E-state index >= 15 is 0 Å². The first-order valence-corrected chi connectivity index (χ1v) is 7.43. The third-order valence-electron chi connectivity index (χ3n) is 4.04. The maximum absolute atomic E-state index is 6.10. The SMILES string of the molecule is CC(C)(C)c1ccc(COC2CCCCC2N)cc1. The van der Waals surface area contributed by atoms with E-state index in [-0.39, 0.29) is 17.6 Å². The molecule has 2 nitrogen and oxygen atoms in total. The molecule has 0 aliphatic heterocycles. The van der Waals surface area contributed by atoms with Gasteiger partial charge in [0.2, 0.25) is 0 Å². The van der Waals surface area contributed by atoms with Gasteiger partial charge in [0.1, 0.15) is 0 Å². The molecule has 2 unspecified atom stereocenters. The van der Waals surface area contributed by atoms with Crippen LogP contribution in [0.5, 0.6) is 0 Å². The number of hydrogen-bond acceptors (Lipinski definition) is 2. The van der Waals surface area contributed by atoms with Crippen LogP contribution < -0.4 is 5.73 Å². The molecule has 0 heterocycles. The molecule has 1 aliphatic carbocycles. The van der Waals surface area contributed by atoms with Crippen LogP contribution in [-0.4, -0.2) is 12.1 Å². The molecule has 2 rings (SSSR count). The lowest BCUT2D eigenvalue weighted by molar-refractivity contribution is 0.00403. The molecule has 0 saturated heterocycles. The van der Waals surface area contributed by atoms with Crippen molar-refractivity contribution >= 4 is 0 Å². The van der Waals surface area contributed by atoms with Crippen molar-refractivity contribution in [3.8, 4) is 0 Å². The Morgan fingerprint density at radius 3 is 2.32 bits per heavy atom. The summed E-state index contributed by atoms with van der Waals surface area (Å²) in [7, 11) is 0. The highest BCUT2D eigenvalue weighted by Gasteiger charge is 2.22.